The molecule has 2 amide bonds. The second-order valence-corrected chi connectivity index (χ2v) is 5.52. The summed E-state index contributed by atoms with van der Waals surface area (Å²) < 4.78 is 4.81. The van der Waals surface area contributed by atoms with E-state index >= 15 is 0 Å². The van der Waals surface area contributed by atoms with Crippen molar-refractivity contribution in [1.82, 2.24) is 15.6 Å². The van der Waals surface area contributed by atoms with Gasteiger partial charge in [0, 0.05) is 25.0 Å². The molecular formula is C13H21N3O3S. The number of carbonyl (C=O) groups excluding carboxylic acids is 2. The van der Waals surface area contributed by atoms with E-state index in [-0.39, 0.29) is 24.8 Å². The maximum absolute atomic E-state index is 11.7. The molecule has 0 aliphatic rings. The van der Waals surface area contributed by atoms with Gasteiger partial charge in [-0.3, -0.25) is 9.59 Å². The van der Waals surface area contributed by atoms with Crippen LogP contribution < -0.4 is 10.6 Å². The summed E-state index contributed by atoms with van der Waals surface area (Å²) in [7, 11) is 1.56. The van der Waals surface area contributed by atoms with Gasteiger partial charge in [0.1, 0.15) is 0 Å². The molecule has 0 aliphatic heterocycles. The Kier molecular flexibility index (Phi) is 7.17. The summed E-state index contributed by atoms with van der Waals surface area (Å²) >= 11 is 1.55. The second-order valence-electron chi connectivity index (χ2n) is 4.63. The summed E-state index contributed by atoms with van der Waals surface area (Å²) in [5, 5.41) is 8.10. The van der Waals surface area contributed by atoms with Crippen LogP contribution in [0.15, 0.2) is 5.38 Å². The molecule has 0 atom stereocenters. The molecule has 0 spiro atoms. The molecule has 0 radical (unpaired) electrons. The van der Waals surface area contributed by atoms with E-state index in [1.54, 1.807) is 18.4 Å². The summed E-state index contributed by atoms with van der Waals surface area (Å²) in [6.07, 6.45) is 0.203. The Labute approximate surface area is 122 Å². The van der Waals surface area contributed by atoms with E-state index in [0.717, 1.165) is 10.7 Å². The summed E-state index contributed by atoms with van der Waals surface area (Å²) in [4.78, 5) is 27.4. The van der Waals surface area contributed by atoms with Crippen molar-refractivity contribution >= 4 is 23.2 Å². The average molecular weight is 299 g/mol. The number of thiazole rings is 1. The third-order valence-corrected chi connectivity index (χ3v) is 3.67. The minimum atomic E-state index is -0.225. The molecule has 1 aromatic rings. The zero-order chi connectivity index (χ0) is 15.0. The Morgan fingerprint density at radius 1 is 1.35 bits per heavy atom. The topological polar surface area (TPSA) is 80.3 Å². The molecule has 112 valence electrons. The Morgan fingerprint density at radius 3 is 2.70 bits per heavy atom. The molecule has 0 saturated carbocycles. The Bertz CT molecular complexity index is 446. The predicted molar refractivity (Wildman–Crippen MR) is 77.8 cm³/mol. The van der Waals surface area contributed by atoms with E-state index in [2.05, 4.69) is 29.5 Å². The van der Waals surface area contributed by atoms with E-state index in [1.807, 2.05) is 5.38 Å². The number of aromatic nitrogens is 1. The lowest BCUT2D eigenvalue weighted by Crippen LogP contribution is -2.38. The first-order chi connectivity index (χ1) is 9.52. The third-order valence-electron chi connectivity index (χ3n) is 2.48. The highest BCUT2D eigenvalue weighted by Crippen LogP contribution is 2.19. The summed E-state index contributed by atoms with van der Waals surface area (Å²) in [5.41, 5.74) is 0.746. The van der Waals surface area contributed by atoms with Crippen molar-refractivity contribution in [2.24, 2.45) is 0 Å². The van der Waals surface area contributed by atoms with Crippen LogP contribution >= 0.6 is 11.3 Å². The van der Waals surface area contributed by atoms with Gasteiger partial charge in [0.05, 0.1) is 30.3 Å². The van der Waals surface area contributed by atoms with Crippen molar-refractivity contribution in [2.45, 2.75) is 26.2 Å². The number of carbonyl (C=O) groups is 2. The highest BCUT2D eigenvalue weighted by atomic mass is 32.1. The molecular weight excluding hydrogens is 278 g/mol. The van der Waals surface area contributed by atoms with Crippen LogP contribution in [0, 0.1) is 0 Å². The SMILES string of the molecule is COCCNC(=O)CNC(=O)Cc1csc(C(C)C)n1. The molecule has 1 rings (SSSR count). The maximum Gasteiger partial charge on any atom is 0.239 e. The lowest BCUT2D eigenvalue weighted by atomic mass is 10.2. The van der Waals surface area contributed by atoms with Gasteiger partial charge < -0.3 is 15.4 Å². The molecule has 2 N–H and O–H groups in total. The standard InChI is InChI=1S/C13H21N3O3S/c1-9(2)13-16-10(8-20-13)6-11(17)15-7-12(18)14-4-5-19-3/h8-9H,4-7H2,1-3H3,(H,14,18)(H,15,17). The van der Waals surface area contributed by atoms with Crippen molar-refractivity contribution in [1.29, 1.82) is 0 Å². The number of rotatable bonds is 8. The summed E-state index contributed by atoms with van der Waals surface area (Å²) in [6.45, 7) is 5.00. The molecule has 0 unspecified atom stereocenters. The number of hydrogen-bond donors (Lipinski definition) is 2. The van der Waals surface area contributed by atoms with Gasteiger partial charge in [-0.2, -0.15) is 0 Å². The van der Waals surface area contributed by atoms with Gasteiger partial charge in [-0.1, -0.05) is 13.8 Å². The molecule has 1 heterocycles. The molecule has 7 heteroatoms. The van der Waals surface area contributed by atoms with E-state index in [0.29, 0.717) is 19.1 Å². The zero-order valence-corrected chi connectivity index (χ0v) is 12.9. The smallest absolute Gasteiger partial charge is 0.239 e. The van der Waals surface area contributed by atoms with Crippen molar-refractivity contribution in [3.05, 3.63) is 16.1 Å². The molecule has 0 aliphatic carbocycles. The predicted octanol–water partition coefficient (Wildman–Crippen LogP) is 0.688. The molecule has 6 nitrogen and oxygen atoms in total. The van der Waals surface area contributed by atoms with E-state index in [4.69, 9.17) is 4.74 Å². The quantitative estimate of drug-likeness (QED) is 0.692. The Morgan fingerprint density at radius 2 is 2.10 bits per heavy atom. The largest absolute Gasteiger partial charge is 0.383 e. The highest BCUT2D eigenvalue weighted by molar-refractivity contribution is 7.09. The van der Waals surface area contributed by atoms with Gasteiger partial charge in [0.2, 0.25) is 11.8 Å². The van der Waals surface area contributed by atoms with Crippen molar-refractivity contribution in [2.75, 3.05) is 26.8 Å². The minimum Gasteiger partial charge on any atom is -0.383 e. The zero-order valence-electron chi connectivity index (χ0n) is 12.1. The first kappa shape index (κ1) is 16.6. The molecule has 1 aromatic heterocycles. The number of ether oxygens (including phenoxy) is 1. The van der Waals surface area contributed by atoms with Crippen molar-refractivity contribution in [3.63, 3.8) is 0 Å². The first-order valence-corrected chi connectivity index (χ1v) is 7.37. The van der Waals surface area contributed by atoms with Gasteiger partial charge >= 0.3 is 0 Å². The maximum atomic E-state index is 11.7. The van der Waals surface area contributed by atoms with Crippen LogP contribution in [0.2, 0.25) is 0 Å². The highest BCUT2D eigenvalue weighted by Gasteiger charge is 2.10. The van der Waals surface area contributed by atoms with Crippen LogP contribution in [0.25, 0.3) is 0 Å². The van der Waals surface area contributed by atoms with E-state index in [9.17, 15) is 9.59 Å². The molecule has 0 bridgehead atoms. The third kappa shape index (κ3) is 6.12. The Balaban J connectivity index is 2.27. The van der Waals surface area contributed by atoms with E-state index < -0.39 is 0 Å². The molecule has 20 heavy (non-hydrogen) atoms. The van der Waals surface area contributed by atoms with Crippen molar-refractivity contribution < 1.29 is 14.3 Å². The summed E-state index contributed by atoms with van der Waals surface area (Å²) in [6, 6.07) is 0. The Hall–Kier alpha value is -1.47. The number of hydrogen-bond acceptors (Lipinski definition) is 5. The molecule has 0 fully saturated rings. The fourth-order valence-corrected chi connectivity index (χ4v) is 2.26. The van der Waals surface area contributed by atoms with E-state index in [1.165, 1.54) is 0 Å². The normalized spacial score (nSPS) is 10.6. The first-order valence-electron chi connectivity index (χ1n) is 6.49. The average Bonchev–Trinajstić information content (AvgIpc) is 2.85. The number of amides is 2. The summed E-state index contributed by atoms with van der Waals surface area (Å²) in [5.74, 6) is -0.0626. The monoisotopic (exact) mass is 299 g/mol. The molecule has 0 saturated heterocycles. The fourth-order valence-electron chi connectivity index (χ4n) is 1.43. The van der Waals surface area contributed by atoms with Gasteiger partial charge in [0.15, 0.2) is 0 Å². The van der Waals surface area contributed by atoms with Gasteiger partial charge in [-0.15, -0.1) is 11.3 Å². The van der Waals surface area contributed by atoms with Crippen LogP contribution in [0.3, 0.4) is 0 Å². The number of nitrogens with zero attached hydrogens (tertiary/aromatic N) is 1. The van der Waals surface area contributed by atoms with Gasteiger partial charge in [-0.05, 0) is 0 Å². The van der Waals surface area contributed by atoms with Crippen LogP contribution in [0.5, 0.6) is 0 Å². The van der Waals surface area contributed by atoms with Crippen LogP contribution in [0.4, 0.5) is 0 Å². The van der Waals surface area contributed by atoms with Gasteiger partial charge in [-0.25, -0.2) is 4.98 Å². The number of methoxy groups -OCH3 is 1. The lowest BCUT2D eigenvalue weighted by Gasteiger charge is -2.05. The molecule has 0 aromatic carbocycles. The van der Waals surface area contributed by atoms with Crippen molar-refractivity contribution in [3.8, 4) is 0 Å². The lowest BCUT2D eigenvalue weighted by molar-refractivity contribution is -0.125. The minimum absolute atomic E-state index is 0.0241. The second kappa shape index (κ2) is 8.65. The van der Waals surface area contributed by atoms with Gasteiger partial charge in [0.25, 0.3) is 0 Å². The van der Waals surface area contributed by atoms with Crippen LogP contribution in [0.1, 0.15) is 30.5 Å². The fraction of sp³-hybridized carbons (Fsp3) is 0.615. The van der Waals surface area contributed by atoms with Crippen LogP contribution in [-0.4, -0.2) is 43.6 Å². The van der Waals surface area contributed by atoms with Crippen LogP contribution in [-0.2, 0) is 20.7 Å². The number of nitrogens with one attached hydrogen (secondary N) is 2.